The van der Waals surface area contributed by atoms with E-state index in [0.717, 1.165) is 38.9 Å². The fourth-order valence-electron chi connectivity index (χ4n) is 3.54. The average Bonchev–Trinajstić information content (AvgIpc) is 3.06. The smallest absolute Gasteiger partial charge is 0.239 e. The number of aromatic nitrogens is 2. The van der Waals surface area contributed by atoms with Crippen molar-refractivity contribution in [3.8, 4) is 0 Å². The highest BCUT2D eigenvalue weighted by molar-refractivity contribution is 5.81. The number of carbonyl (C=O) groups is 1. The molecular weight excluding hydrogens is 312 g/mol. The van der Waals surface area contributed by atoms with Crippen LogP contribution in [0, 0.1) is 0 Å². The maximum atomic E-state index is 13.0. The molecule has 0 saturated carbocycles. The van der Waals surface area contributed by atoms with Gasteiger partial charge in [0.1, 0.15) is 0 Å². The highest BCUT2D eigenvalue weighted by Gasteiger charge is 2.30. The van der Waals surface area contributed by atoms with Crippen LogP contribution in [0.1, 0.15) is 30.4 Å². The minimum atomic E-state index is 0.00727. The molecule has 0 radical (unpaired) electrons. The van der Waals surface area contributed by atoms with Crippen LogP contribution in [0.25, 0.3) is 0 Å². The maximum Gasteiger partial charge on any atom is 0.239 e. The van der Waals surface area contributed by atoms with Crippen LogP contribution in [-0.2, 0) is 24.8 Å². The summed E-state index contributed by atoms with van der Waals surface area (Å²) in [6.07, 6.45) is 8.01. The monoisotopic (exact) mass is 340 g/mol. The van der Waals surface area contributed by atoms with Gasteiger partial charge in [0, 0.05) is 33.4 Å². The third-order valence-corrected chi connectivity index (χ3v) is 5.00. The molecule has 0 spiro atoms. The van der Waals surface area contributed by atoms with E-state index < -0.39 is 0 Å². The van der Waals surface area contributed by atoms with E-state index in [1.165, 1.54) is 17.5 Å². The lowest BCUT2D eigenvalue weighted by Gasteiger charge is -2.36. The van der Waals surface area contributed by atoms with E-state index in [0.29, 0.717) is 0 Å². The van der Waals surface area contributed by atoms with Crippen molar-refractivity contribution in [1.29, 1.82) is 0 Å². The fraction of sp³-hybridized carbons (Fsp3) is 0.500. The van der Waals surface area contributed by atoms with E-state index >= 15 is 0 Å². The van der Waals surface area contributed by atoms with Gasteiger partial charge in [0.15, 0.2) is 0 Å². The zero-order valence-electron chi connectivity index (χ0n) is 15.3. The van der Waals surface area contributed by atoms with Crippen LogP contribution in [0.3, 0.4) is 0 Å². The second-order valence-corrected chi connectivity index (χ2v) is 7.00. The molecule has 5 heteroatoms. The molecule has 1 aromatic heterocycles. The van der Waals surface area contributed by atoms with E-state index in [4.69, 9.17) is 0 Å². The van der Waals surface area contributed by atoms with Crippen molar-refractivity contribution in [2.75, 3.05) is 20.1 Å². The van der Waals surface area contributed by atoms with Gasteiger partial charge in [0.2, 0.25) is 5.91 Å². The second kappa shape index (κ2) is 8.30. The Labute approximate surface area is 150 Å². The third-order valence-electron chi connectivity index (χ3n) is 5.00. The van der Waals surface area contributed by atoms with Gasteiger partial charge in [-0.25, -0.2) is 0 Å². The predicted molar refractivity (Wildman–Crippen MR) is 99.0 cm³/mol. The molecule has 25 heavy (non-hydrogen) atoms. The maximum absolute atomic E-state index is 13.0. The molecule has 1 fully saturated rings. The Morgan fingerprint density at radius 2 is 2.04 bits per heavy atom. The lowest BCUT2D eigenvalue weighted by molar-refractivity contribution is -0.137. The molecule has 1 atom stereocenters. The number of hydrogen-bond donors (Lipinski definition) is 0. The van der Waals surface area contributed by atoms with Crippen molar-refractivity contribution >= 4 is 5.91 Å². The fourth-order valence-corrected chi connectivity index (χ4v) is 3.54. The van der Waals surface area contributed by atoms with Gasteiger partial charge in [-0.2, -0.15) is 5.10 Å². The number of carbonyl (C=O) groups excluding carboxylic acids is 1. The molecule has 0 aliphatic carbocycles. The average molecular weight is 340 g/mol. The topological polar surface area (TPSA) is 41.4 Å². The van der Waals surface area contributed by atoms with Gasteiger partial charge < -0.3 is 4.90 Å². The zero-order chi connectivity index (χ0) is 17.6. The lowest BCUT2D eigenvalue weighted by atomic mass is 9.99. The second-order valence-electron chi connectivity index (χ2n) is 7.00. The van der Waals surface area contributed by atoms with E-state index in [1.807, 2.05) is 37.5 Å². The molecule has 5 nitrogen and oxygen atoms in total. The molecule has 3 rings (SSSR count). The molecule has 0 unspecified atom stereocenters. The number of benzene rings is 1. The molecule has 2 heterocycles. The van der Waals surface area contributed by atoms with Gasteiger partial charge in [-0.3, -0.25) is 14.4 Å². The summed E-state index contributed by atoms with van der Waals surface area (Å²) in [5.74, 6) is 0.250. The van der Waals surface area contributed by atoms with Gasteiger partial charge in [-0.1, -0.05) is 36.8 Å². The number of amides is 1. The molecule has 0 N–H and O–H groups in total. The first-order valence-electron chi connectivity index (χ1n) is 9.14. The van der Waals surface area contributed by atoms with Crippen molar-refractivity contribution in [2.24, 2.45) is 7.05 Å². The highest BCUT2D eigenvalue weighted by atomic mass is 16.2. The third kappa shape index (κ3) is 4.69. The van der Waals surface area contributed by atoms with Crippen LogP contribution in [0.2, 0.25) is 0 Å². The van der Waals surface area contributed by atoms with Crippen LogP contribution in [-0.4, -0.2) is 51.7 Å². The SMILES string of the molecule is CN(CCc1cnn(C)c1)C(=O)[C@@H]1CCCCN1Cc1ccccc1. The van der Waals surface area contributed by atoms with Gasteiger partial charge in [-0.05, 0) is 36.9 Å². The predicted octanol–water partition coefficient (Wildman–Crippen LogP) is 2.48. The summed E-state index contributed by atoms with van der Waals surface area (Å²) in [5, 5.41) is 4.19. The van der Waals surface area contributed by atoms with Crippen LogP contribution in [0.4, 0.5) is 0 Å². The minimum absolute atomic E-state index is 0.00727. The Bertz CT molecular complexity index is 682. The number of likely N-dealkylation sites (tertiary alicyclic amines) is 1. The van der Waals surface area contributed by atoms with Crippen molar-refractivity contribution < 1.29 is 4.79 Å². The first-order chi connectivity index (χ1) is 12.1. The molecule has 2 aromatic rings. The molecule has 0 bridgehead atoms. The van der Waals surface area contributed by atoms with Crippen molar-refractivity contribution in [3.05, 3.63) is 53.9 Å². The summed E-state index contributed by atoms with van der Waals surface area (Å²) in [6.45, 7) is 2.59. The molecular formula is C20H28N4O. The largest absolute Gasteiger partial charge is 0.344 e. The standard InChI is InChI=1S/C20H28N4O/c1-22(13-11-18-14-21-23(2)15-18)20(25)19-10-6-7-12-24(19)16-17-8-4-3-5-9-17/h3-5,8-9,14-15,19H,6-7,10-13,16H2,1-2H3/t19-/m0/s1. The van der Waals surface area contributed by atoms with Crippen LogP contribution in [0.15, 0.2) is 42.7 Å². The molecule has 134 valence electrons. The van der Waals surface area contributed by atoms with Crippen LogP contribution in [0.5, 0.6) is 0 Å². The number of piperidine rings is 1. The molecule has 1 aliphatic heterocycles. The Hall–Kier alpha value is -2.14. The molecule has 1 amide bonds. The zero-order valence-corrected chi connectivity index (χ0v) is 15.3. The van der Waals surface area contributed by atoms with Gasteiger partial charge >= 0.3 is 0 Å². The van der Waals surface area contributed by atoms with Crippen LogP contribution < -0.4 is 0 Å². The van der Waals surface area contributed by atoms with Gasteiger partial charge in [0.25, 0.3) is 0 Å². The van der Waals surface area contributed by atoms with Gasteiger partial charge in [-0.15, -0.1) is 0 Å². The summed E-state index contributed by atoms with van der Waals surface area (Å²) < 4.78 is 1.81. The van der Waals surface area contributed by atoms with Crippen LogP contribution >= 0.6 is 0 Å². The number of rotatable bonds is 6. The Morgan fingerprint density at radius 1 is 1.24 bits per heavy atom. The van der Waals surface area contributed by atoms with Crippen molar-refractivity contribution in [1.82, 2.24) is 19.6 Å². The summed E-state index contributed by atoms with van der Waals surface area (Å²) >= 11 is 0. The Morgan fingerprint density at radius 3 is 2.76 bits per heavy atom. The van der Waals surface area contributed by atoms with Crippen molar-refractivity contribution in [2.45, 2.75) is 38.3 Å². The summed E-state index contributed by atoms with van der Waals surface area (Å²) in [7, 11) is 3.84. The quantitative estimate of drug-likeness (QED) is 0.811. The number of likely N-dealkylation sites (N-methyl/N-ethyl adjacent to an activating group) is 1. The van der Waals surface area contributed by atoms with E-state index in [2.05, 4.69) is 34.3 Å². The van der Waals surface area contributed by atoms with E-state index in [1.54, 1.807) is 4.68 Å². The number of nitrogens with zero attached hydrogens (tertiary/aromatic N) is 4. The van der Waals surface area contributed by atoms with E-state index in [-0.39, 0.29) is 11.9 Å². The molecule has 1 aromatic carbocycles. The molecule has 1 aliphatic rings. The summed E-state index contributed by atoms with van der Waals surface area (Å²) in [6, 6.07) is 10.5. The first kappa shape index (κ1) is 17.7. The Kier molecular flexibility index (Phi) is 5.87. The van der Waals surface area contributed by atoms with Gasteiger partial charge in [0.05, 0.1) is 12.2 Å². The highest BCUT2D eigenvalue weighted by Crippen LogP contribution is 2.21. The summed E-state index contributed by atoms with van der Waals surface area (Å²) in [5.41, 5.74) is 2.45. The molecule has 1 saturated heterocycles. The number of aryl methyl sites for hydroxylation is 1. The number of hydrogen-bond acceptors (Lipinski definition) is 3. The minimum Gasteiger partial charge on any atom is -0.344 e. The van der Waals surface area contributed by atoms with E-state index in [9.17, 15) is 4.79 Å². The lowest BCUT2D eigenvalue weighted by Crippen LogP contribution is -2.49. The first-order valence-corrected chi connectivity index (χ1v) is 9.14. The van der Waals surface area contributed by atoms with Crippen molar-refractivity contribution in [3.63, 3.8) is 0 Å². The normalized spacial score (nSPS) is 18.2. The summed E-state index contributed by atoms with van der Waals surface area (Å²) in [4.78, 5) is 17.2. The Balaban J connectivity index is 1.59.